The highest BCUT2D eigenvalue weighted by molar-refractivity contribution is 6.09. The molecule has 5 nitrogen and oxygen atoms in total. The molecule has 1 aromatic heterocycles. The molecule has 144 valence electrons. The number of rotatable bonds is 4. The number of hydrogen-bond acceptors (Lipinski definition) is 4. The molecule has 0 bridgehead atoms. The lowest BCUT2D eigenvalue weighted by molar-refractivity contribution is -0.138. The summed E-state index contributed by atoms with van der Waals surface area (Å²) in [6.07, 6.45) is 6.51. The van der Waals surface area contributed by atoms with Crippen LogP contribution < -0.4 is 5.32 Å². The SMILES string of the molecule is O=C(/C=C/c1ccncn1)C1C(=O)NC2CCC(F)CC2C1c1ccccc1. The second-order valence-corrected chi connectivity index (χ2v) is 7.47. The van der Waals surface area contributed by atoms with Crippen LogP contribution in [0, 0.1) is 11.8 Å². The number of alkyl halides is 1. The Balaban J connectivity index is 1.67. The van der Waals surface area contributed by atoms with E-state index in [-0.39, 0.29) is 29.6 Å². The van der Waals surface area contributed by atoms with Crippen molar-refractivity contribution < 1.29 is 14.0 Å². The van der Waals surface area contributed by atoms with E-state index < -0.39 is 12.1 Å². The highest BCUT2D eigenvalue weighted by Gasteiger charge is 2.49. The third-order valence-electron chi connectivity index (χ3n) is 5.78. The Kier molecular flexibility index (Phi) is 5.28. The van der Waals surface area contributed by atoms with Gasteiger partial charge in [0.25, 0.3) is 0 Å². The first-order chi connectivity index (χ1) is 13.6. The highest BCUT2D eigenvalue weighted by Crippen LogP contribution is 2.45. The molecule has 1 saturated heterocycles. The number of benzene rings is 1. The normalized spacial score (nSPS) is 29.9. The molecule has 2 heterocycles. The maximum atomic E-state index is 14.2. The first-order valence-corrected chi connectivity index (χ1v) is 9.61. The molecule has 0 spiro atoms. The Morgan fingerprint density at radius 1 is 1.18 bits per heavy atom. The van der Waals surface area contributed by atoms with E-state index in [0.29, 0.717) is 25.0 Å². The maximum absolute atomic E-state index is 14.2. The maximum Gasteiger partial charge on any atom is 0.231 e. The largest absolute Gasteiger partial charge is 0.352 e. The Morgan fingerprint density at radius 3 is 2.75 bits per heavy atom. The van der Waals surface area contributed by atoms with Gasteiger partial charge in [-0.15, -0.1) is 0 Å². The average molecular weight is 379 g/mol. The van der Waals surface area contributed by atoms with E-state index in [4.69, 9.17) is 0 Å². The Hall–Kier alpha value is -2.89. The Bertz CT molecular complexity index is 872. The number of halogens is 1. The molecule has 28 heavy (non-hydrogen) atoms. The molecule has 2 fully saturated rings. The van der Waals surface area contributed by atoms with Crippen LogP contribution in [0.15, 0.2) is 55.0 Å². The second-order valence-electron chi connectivity index (χ2n) is 7.47. The van der Waals surface area contributed by atoms with Crippen molar-refractivity contribution in [1.82, 2.24) is 15.3 Å². The van der Waals surface area contributed by atoms with Crippen LogP contribution in [-0.2, 0) is 9.59 Å². The second kappa shape index (κ2) is 8.00. The van der Waals surface area contributed by atoms with Crippen molar-refractivity contribution in [3.05, 3.63) is 66.3 Å². The summed E-state index contributed by atoms with van der Waals surface area (Å²) in [6.45, 7) is 0. The molecule has 1 saturated carbocycles. The van der Waals surface area contributed by atoms with Crippen LogP contribution in [0.3, 0.4) is 0 Å². The Morgan fingerprint density at radius 2 is 2.00 bits per heavy atom. The predicted octanol–water partition coefficient (Wildman–Crippen LogP) is 3.10. The molecule has 4 rings (SSSR count). The minimum absolute atomic E-state index is 0.0837. The van der Waals surface area contributed by atoms with Crippen molar-refractivity contribution >= 4 is 17.8 Å². The van der Waals surface area contributed by atoms with Gasteiger partial charge in [-0.25, -0.2) is 14.4 Å². The fourth-order valence-electron chi connectivity index (χ4n) is 4.50. The van der Waals surface area contributed by atoms with Crippen LogP contribution in [0.1, 0.15) is 36.4 Å². The number of amides is 1. The summed E-state index contributed by atoms with van der Waals surface area (Å²) >= 11 is 0. The molecule has 6 heteroatoms. The fourth-order valence-corrected chi connectivity index (χ4v) is 4.50. The van der Waals surface area contributed by atoms with Gasteiger partial charge >= 0.3 is 0 Å². The van der Waals surface area contributed by atoms with Gasteiger partial charge in [0.05, 0.1) is 5.69 Å². The number of aromatic nitrogens is 2. The zero-order valence-electron chi connectivity index (χ0n) is 15.4. The summed E-state index contributed by atoms with van der Waals surface area (Å²) in [5.74, 6) is -1.85. The first kappa shape index (κ1) is 18.5. The zero-order chi connectivity index (χ0) is 19.5. The van der Waals surface area contributed by atoms with Crippen LogP contribution in [0.4, 0.5) is 4.39 Å². The summed E-state index contributed by atoms with van der Waals surface area (Å²) in [5, 5.41) is 2.98. The van der Waals surface area contributed by atoms with E-state index in [1.165, 1.54) is 12.4 Å². The van der Waals surface area contributed by atoms with E-state index >= 15 is 0 Å². The quantitative estimate of drug-likeness (QED) is 0.655. The Labute approximate surface area is 163 Å². The smallest absolute Gasteiger partial charge is 0.231 e. The highest BCUT2D eigenvalue weighted by atomic mass is 19.1. The van der Waals surface area contributed by atoms with Gasteiger partial charge in [0, 0.05) is 18.2 Å². The molecular formula is C22H22FN3O2. The number of carbonyl (C=O) groups is 2. The summed E-state index contributed by atoms with van der Waals surface area (Å²) in [4.78, 5) is 33.8. The molecule has 5 atom stereocenters. The van der Waals surface area contributed by atoms with Crippen LogP contribution in [0.2, 0.25) is 0 Å². The van der Waals surface area contributed by atoms with Gasteiger partial charge in [-0.2, -0.15) is 0 Å². The van der Waals surface area contributed by atoms with Gasteiger partial charge in [0.1, 0.15) is 18.4 Å². The van der Waals surface area contributed by atoms with Gasteiger partial charge in [-0.3, -0.25) is 9.59 Å². The first-order valence-electron chi connectivity index (χ1n) is 9.61. The van der Waals surface area contributed by atoms with E-state index in [9.17, 15) is 14.0 Å². The van der Waals surface area contributed by atoms with E-state index in [2.05, 4.69) is 15.3 Å². The number of ketones is 1. The minimum Gasteiger partial charge on any atom is -0.352 e. The van der Waals surface area contributed by atoms with Crippen LogP contribution >= 0.6 is 0 Å². The summed E-state index contributed by atoms with van der Waals surface area (Å²) in [7, 11) is 0. The average Bonchev–Trinajstić information content (AvgIpc) is 2.73. The topological polar surface area (TPSA) is 72.0 Å². The van der Waals surface area contributed by atoms with Gasteiger partial charge in [0.2, 0.25) is 5.91 Å². The lowest BCUT2D eigenvalue weighted by atomic mass is 9.64. The number of allylic oxidation sites excluding steroid dienone is 1. The fraction of sp³-hybridized carbons (Fsp3) is 0.364. The van der Waals surface area contributed by atoms with Crippen molar-refractivity contribution in [2.24, 2.45) is 11.8 Å². The number of hydrogen-bond donors (Lipinski definition) is 1. The molecule has 1 aromatic carbocycles. The van der Waals surface area contributed by atoms with E-state index in [0.717, 1.165) is 5.56 Å². The number of fused-ring (bicyclic) bond motifs is 1. The standard InChI is InChI=1S/C22H22FN3O2/c23-15-6-8-18-17(12-15)20(14-4-2-1-3-5-14)21(22(28)26-18)19(27)9-7-16-10-11-24-13-25-16/h1-5,7,9-11,13,15,17-18,20-21H,6,8,12H2,(H,26,28)/b9-7+. The summed E-state index contributed by atoms with van der Waals surface area (Å²) < 4.78 is 14.2. The molecule has 1 aliphatic carbocycles. The van der Waals surface area contributed by atoms with Crippen molar-refractivity contribution in [2.45, 2.75) is 37.4 Å². The molecule has 2 aliphatic rings. The number of carbonyl (C=O) groups excluding carboxylic acids is 2. The van der Waals surface area contributed by atoms with Crippen LogP contribution in [0.25, 0.3) is 6.08 Å². The number of piperidine rings is 1. The van der Waals surface area contributed by atoms with Gasteiger partial charge < -0.3 is 5.32 Å². The molecule has 2 aromatic rings. The molecule has 1 amide bonds. The van der Waals surface area contributed by atoms with Crippen LogP contribution in [0.5, 0.6) is 0 Å². The molecule has 5 unspecified atom stereocenters. The van der Waals surface area contributed by atoms with Gasteiger partial charge in [-0.1, -0.05) is 30.3 Å². The summed E-state index contributed by atoms with van der Waals surface area (Å²) in [5.41, 5.74) is 1.51. The van der Waals surface area contributed by atoms with Crippen molar-refractivity contribution in [3.8, 4) is 0 Å². The monoisotopic (exact) mass is 379 g/mol. The predicted molar refractivity (Wildman–Crippen MR) is 103 cm³/mol. The number of nitrogens with zero attached hydrogens (tertiary/aromatic N) is 2. The van der Waals surface area contributed by atoms with Crippen LogP contribution in [-0.4, -0.2) is 33.9 Å². The number of nitrogens with one attached hydrogen (secondary N) is 1. The minimum atomic E-state index is -0.894. The van der Waals surface area contributed by atoms with Gasteiger partial charge in [0.15, 0.2) is 5.78 Å². The molecule has 0 radical (unpaired) electrons. The third-order valence-corrected chi connectivity index (χ3v) is 5.78. The van der Waals surface area contributed by atoms with Crippen molar-refractivity contribution in [3.63, 3.8) is 0 Å². The zero-order valence-corrected chi connectivity index (χ0v) is 15.4. The summed E-state index contributed by atoms with van der Waals surface area (Å²) in [6, 6.07) is 11.1. The molecular weight excluding hydrogens is 357 g/mol. The molecule has 1 N–H and O–H groups in total. The molecule has 1 aliphatic heterocycles. The van der Waals surface area contributed by atoms with Crippen molar-refractivity contribution in [1.29, 1.82) is 0 Å². The third kappa shape index (κ3) is 3.72. The van der Waals surface area contributed by atoms with E-state index in [1.807, 2.05) is 30.3 Å². The lowest BCUT2D eigenvalue weighted by Crippen LogP contribution is -2.57. The van der Waals surface area contributed by atoms with Gasteiger partial charge in [-0.05, 0) is 49.0 Å². The lowest BCUT2D eigenvalue weighted by Gasteiger charge is -2.45. The van der Waals surface area contributed by atoms with Crippen molar-refractivity contribution in [2.75, 3.05) is 0 Å². The van der Waals surface area contributed by atoms with E-state index in [1.54, 1.807) is 18.3 Å².